The molecule has 116 valence electrons. The van der Waals surface area contributed by atoms with E-state index < -0.39 is 6.61 Å². The van der Waals surface area contributed by atoms with E-state index in [1.807, 2.05) is 0 Å². The molecule has 0 saturated carbocycles. The van der Waals surface area contributed by atoms with Crippen molar-refractivity contribution >= 4 is 23.2 Å². The van der Waals surface area contributed by atoms with Crippen molar-refractivity contribution in [1.82, 2.24) is 0 Å². The first-order valence-corrected chi connectivity index (χ1v) is 6.57. The molecule has 0 atom stereocenters. The van der Waals surface area contributed by atoms with Crippen molar-refractivity contribution in [3.05, 3.63) is 53.1 Å². The first-order chi connectivity index (χ1) is 10.5. The lowest BCUT2D eigenvalue weighted by atomic mass is 10.2. The topological polar surface area (TPSA) is 47.6 Å². The molecule has 0 fully saturated rings. The molecule has 0 unspecified atom stereocenters. The van der Waals surface area contributed by atoms with Crippen molar-refractivity contribution in [3.8, 4) is 11.5 Å². The van der Waals surface area contributed by atoms with Crippen LogP contribution in [0.3, 0.4) is 0 Å². The predicted molar refractivity (Wildman–Crippen MR) is 79.0 cm³/mol. The summed E-state index contributed by atoms with van der Waals surface area (Å²) in [5, 5.41) is 3.15. The molecule has 0 aromatic heterocycles. The van der Waals surface area contributed by atoms with Gasteiger partial charge in [-0.05, 0) is 36.4 Å². The minimum atomic E-state index is -2.96. The quantitative estimate of drug-likeness (QED) is 0.895. The van der Waals surface area contributed by atoms with Crippen molar-refractivity contribution in [2.75, 3.05) is 12.4 Å². The highest BCUT2D eigenvalue weighted by molar-refractivity contribution is 6.30. The number of anilines is 1. The Morgan fingerprint density at radius 2 is 1.82 bits per heavy atom. The number of alkyl halides is 2. The van der Waals surface area contributed by atoms with E-state index in [1.54, 1.807) is 24.3 Å². The maximum Gasteiger partial charge on any atom is 0.387 e. The Balaban J connectivity index is 2.15. The van der Waals surface area contributed by atoms with Crippen molar-refractivity contribution < 1.29 is 23.0 Å². The molecule has 0 bridgehead atoms. The molecule has 1 amide bonds. The van der Waals surface area contributed by atoms with E-state index in [9.17, 15) is 13.6 Å². The number of hydrogen-bond donors (Lipinski definition) is 1. The summed E-state index contributed by atoms with van der Waals surface area (Å²) >= 11 is 5.75. The van der Waals surface area contributed by atoms with Crippen molar-refractivity contribution in [1.29, 1.82) is 0 Å². The Labute approximate surface area is 130 Å². The Morgan fingerprint density at radius 1 is 1.14 bits per heavy atom. The fourth-order valence-electron chi connectivity index (χ4n) is 1.74. The van der Waals surface area contributed by atoms with Crippen LogP contribution in [0.15, 0.2) is 42.5 Å². The molecule has 0 aliphatic heterocycles. The van der Waals surface area contributed by atoms with Gasteiger partial charge in [0.15, 0.2) is 11.5 Å². The van der Waals surface area contributed by atoms with Crippen LogP contribution in [-0.4, -0.2) is 19.6 Å². The second kappa shape index (κ2) is 7.09. The van der Waals surface area contributed by atoms with Crippen LogP contribution in [0.4, 0.5) is 14.5 Å². The molecular weight excluding hydrogens is 316 g/mol. The number of carbonyl (C=O) groups is 1. The molecule has 4 nitrogen and oxygen atoms in total. The minimum absolute atomic E-state index is 0.0919. The lowest BCUT2D eigenvalue weighted by Gasteiger charge is -2.12. The van der Waals surface area contributed by atoms with Crippen molar-refractivity contribution in [2.24, 2.45) is 0 Å². The maximum absolute atomic E-state index is 12.2. The SMILES string of the molecule is COc1cc(NC(=O)c2ccc(Cl)cc2)ccc1OC(F)F. The summed E-state index contributed by atoms with van der Waals surface area (Å²) in [5.41, 5.74) is 0.801. The molecule has 0 spiro atoms. The third kappa shape index (κ3) is 4.08. The van der Waals surface area contributed by atoms with Gasteiger partial charge in [0.1, 0.15) is 0 Å². The average molecular weight is 328 g/mol. The van der Waals surface area contributed by atoms with E-state index in [0.29, 0.717) is 16.3 Å². The van der Waals surface area contributed by atoms with Crippen LogP contribution in [0.25, 0.3) is 0 Å². The monoisotopic (exact) mass is 327 g/mol. The highest BCUT2D eigenvalue weighted by Gasteiger charge is 2.12. The first kappa shape index (κ1) is 16.0. The van der Waals surface area contributed by atoms with Gasteiger partial charge in [-0.15, -0.1) is 0 Å². The fourth-order valence-corrected chi connectivity index (χ4v) is 1.87. The number of amides is 1. The Kier molecular flexibility index (Phi) is 5.16. The molecule has 0 radical (unpaired) electrons. The van der Waals surface area contributed by atoms with Crippen LogP contribution >= 0.6 is 11.6 Å². The molecule has 2 rings (SSSR count). The van der Waals surface area contributed by atoms with Gasteiger partial charge in [0.05, 0.1) is 7.11 Å². The summed E-state index contributed by atoms with van der Waals surface area (Å²) in [6.45, 7) is -2.96. The summed E-state index contributed by atoms with van der Waals surface area (Å²) in [6, 6.07) is 10.5. The van der Waals surface area contributed by atoms with E-state index in [1.165, 1.54) is 25.3 Å². The van der Waals surface area contributed by atoms with E-state index >= 15 is 0 Å². The van der Waals surface area contributed by atoms with Gasteiger partial charge in [0, 0.05) is 22.3 Å². The lowest BCUT2D eigenvalue weighted by molar-refractivity contribution is -0.0512. The van der Waals surface area contributed by atoms with Crippen LogP contribution in [0, 0.1) is 0 Å². The number of halogens is 3. The smallest absolute Gasteiger partial charge is 0.387 e. The number of methoxy groups -OCH3 is 1. The summed E-state index contributed by atoms with van der Waals surface area (Å²) < 4.78 is 33.8. The number of ether oxygens (including phenoxy) is 2. The highest BCUT2D eigenvalue weighted by Crippen LogP contribution is 2.31. The van der Waals surface area contributed by atoms with Crippen LogP contribution in [0.2, 0.25) is 5.02 Å². The number of benzene rings is 2. The van der Waals surface area contributed by atoms with E-state index in [0.717, 1.165) is 0 Å². The summed E-state index contributed by atoms with van der Waals surface area (Å²) in [7, 11) is 1.32. The first-order valence-electron chi connectivity index (χ1n) is 6.19. The molecule has 22 heavy (non-hydrogen) atoms. The van der Waals surface area contributed by atoms with Gasteiger partial charge >= 0.3 is 6.61 Å². The van der Waals surface area contributed by atoms with Crippen LogP contribution in [0.5, 0.6) is 11.5 Å². The van der Waals surface area contributed by atoms with Gasteiger partial charge in [0.25, 0.3) is 5.91 Å². The maximum atomic E-state index is 12.2. The van der Waals surface area contributed by atoms with E-state index in [-0.39, 0.29) is 17.4 Å². The van der Waals surface area contributed by atoms with Crippen molar-refractivity contribution in [3.63, 3.8) is 0 Å². The van der Waals surface area contributed by atoms with Crippen molar-refractivity contribution in [2.45, 2.75) is 6.61 Å². The molecule has 7 heteroatoms. The molecule has 0 saturated heterocycles. The second-order valence-electron chi connectivity index (χ2n) is 4.21. The van der Waals surface area contributed by atoms with E-state index in [4.69, 9.17) is 16.3 Å². The van der Waals surface area contributed by atoms with Gasteiger partial charge in [-0.1, -0.05) is 11.6 Å². The molecule has 1 N–H and O–H groups in total. The normalized spacial score (nSPS) is 10.4. The average Bonchev–Trinajstić information content (AvgIpc) is 2.49. The van der Waals surface area contributed by atoms with Crippen LogP contribution in [0.1, 0.15) is 10.4 Å². The standard InChI is InChI=1S/C15H12ClF2NO3/c1-21-13-8-11(6-7-12(13)22-15(17)18)19-14(20)9-2-4-10(16)5-3-9/h2-8,15H,1H3,(H,19,20). The Morgan fingerprint density at radius 3 is 2.41 bits per heavy atom. The highest BCUT2D eigenvalue weighted by atomic mass is 35.5. The van der Waals surface area contributed by atoms with Gasteiger partial charge in [-0.2, -0.15) is 8.78 Å². The lowest BCUT2D eigenvalue weighted by Crippen LogP contribution is -2.12. The Hall–Kier alpha value is -2.34. The third-order valence-corrected chi connectivity index (χ3v) is 3.00. The largest absolute Gasteiger partial charge is 0.493 e. The molecule has 2 aromatic carbocycles. The predicted octanol–water partition coefficient (Wildman–Crippen LogP) is 4.20. The number of rotatable bonds is 5. The second-order valence-corrected chi connectivity index (χ2v) is 4.64. The van der Waals surface area contributed by atoms with Crippen LogP contribution < -0.4 is 14.8 Å². The zero-order chi connectivity index (χ0) is 16.1. The molecule has 2 aromatic rings. The minimum Gasteiger partial charge on any atom is -0.493 e. The summed E-state index contributed by atoms with van der Waals surface area (Å²) in [6.07, 6.45) is 0. The molecule has 0 aliphatic rings. The summed E-state index contributed by atoms with van der Waals surface area (Å²) in [5.74, 6) is -0.377. The zero-order valence-corrected chi connectivity index (χ0v) is 12.2. The van der Waals surface area contributed by atoms with E-state index in [2.05, 4.69) is 10.1 Å². The Bertz CT molecular complexity index is 662. The van der Waals surface area contributed by atoms with Gasteiger partial charge in [-0.25, -0.2) is 0 Å². The number of nitrogens with one attached hydrogen (secondary N) is 1. The molecule has 0 aliphatic carbocycles. The van der Waals surface area contributed by atoms with Gasteiger partial charge in [-0.3, -0.25) is 4.79 Å². The zero-order valence-electron chi connectivity index (χ0n) is 11.5. The molecular formula is C15H12ClF2NO3. The van der Waals surface area contributed by atoms with Gasteiger partial charge < -0.3 is 14.8 Å². The summed E-state index contributed by atoms with van der Waals surface area (Å²) in [4.78, 5) is 12.0. The van der Waals surface area contributed by atoms with Gasteiger partial charge in [0.2, 0.25) is 0 Å². The van der Waals surface area contributed by atoms with Crippen LogP contribution in [-0.2, 0) is 0 Å². The fraction of sp³-hybridized carbons (Fsp3) is 0.133. The molecule has 0 heterocycles. The number of hydrogen-bond acceptors (Lipinski definition) is 3. The number of carbonyl (C=O) groups excluding carboxylic acids is 1. The third-order valence-electron chi connectivity index (χ3n) is 2.74.